The van der Waals surface area contributed by atoms with Crippen LogP contribution in [-0.2, 0) is 0 Å². The Kier molecular flexibility index (Phi) is 2.13. The molecule has 0 bridgehead atoms. The molecule has 2 rings (SSSR count). The molecular weight excluding hydrogens is 158 g/mol. The molecule has 0 aromatic carbocycles. The molecule has 0 amide bonds. The van der Waals surface area contributed by atoms with Gasteiger partial charge in [-0.2, -0.15) is 0 Å². The number of hydrogen-bond donors (Lipinski definition) is 0. The zero-order valence-corrected chi connectivity index (χ0v) is 8.97. The molecule has 1 heteroatoms. The van der Waals surface area contributed by atoms with Crippen LogP contribution in [0.25, 0.3) is 0 Å². The summed E-state index contributed by atoms with van der Waals surface area (Å²) in [6, 6.07) is 0. The molecular formula is C12H21N. The quantitative estimate of drug-likeness (QED) is 0.598. The van der Waals surface area contributed by atoms with E-state index in [1.807, 2.05) is 0 Å². The molecule has 1 nitrogen and oxygen atoms in total. The van der Waals surface area contributed by atoms with E-state index in [-0.39, 0.29) is 0 Å². The lowest BCUT2D eigenvalue weighted by atomic mass is 9.92. The van der Waals surface area contributed by atoms with E-state index in [1.54, 1.807) is 0 Å². The highest BCUT2D eigenvalue weighted by Gasteiger charge is 2.44. The van der Waals surface area contributed by atoms with Crippen LogP contribution < -0.4 is 0 Å². The second kappa shape index (κ2) is 3.04. The van der Waals surface area contributed by atoms with Crippen molar-refractivity contribution in [1.29, 1.82) is 0 Å². The minimum absolute atomic E-state index is 0.767. The summed E-state index contributed by atoms with van der Waals surface area (Å²) in [5.74, 6) is 0.863. The molecule has 1 atom stereocenters. The first-order chi connectivity index (χ1) is 6.11. The fourth-order valence-electron chi connectivity index (χ4n) is 2.72. The van der Waals surface area contributed by atoms with E-state index in [2.05, 4.69) is 25.3 Å². The van der Waals surface area contributed by atoms with Gasteiger partial charge in [0.15, 0.2) is 0 Å². The third kappa shape index (κ3) is 1.90. The minimum atomic E-state index is 0.767. The van der Waals surface area contributed by atoms with Crippen LogP contribution in [0.3, 0.4) is 0 Å². The van der Waals surface area contributed by atoms with Gasteiger partial charge in [-0.25, -0.2) is 0 Å². The van der Waals surface area contributed by atoms with Crippen LogP contribution in [0.5, 0.6) is 0 Å². The Bertz CT molecular complexity index is 215. The van der Waals surface area contributed by atoms with Crippen LogP contribution in [-0.4, -0.2) is 18.0 Å². The van der Waals surface area contributed by atoms with Crippen LogP contribution in [0, 0.1) is 11.3 Å². The van der Waals surface area contributed by atoms with Crippen LogP contribution in [0.1, 0.15) is 39.5 Å². The van der Waals surface area contributed by atoms with E-state index in [9.17, 15) is 0 Å². The molecule has 2 fully saturated rings. The minimum Gasteiger partial charge on any atom is -0.375 e. The van der Waals surface area contributed by atoms with E-state index in [1.165, 1.54) is 44.5 Å². The van der Waals surface area contributed by atoms with Crippen LogP contribution in [0.4, 0.5) is 0 Å². The third-order valence-electron chi connectivity index (χ3n) is 3.72. The topological polar surface area (TPSA) is 3.24 Å². The molecule has 0 N–H and O–H groups in total. The van der Waals surface area contributed by atoms with Gasteiger partial charge in [-0.15, -0.1) is 0 Å². The Morgan fingerprint density at radius 3 is 2.62 bits per heavy atom. The van der Waals surface area contributed by atoms with E-state index < -0.39 is 0 Å². The highest BCUT2D eigenvalue weighted by Crippen LogP contribution is 2.54. The Labute approximate surface area is 81.8 Å². The normalized spacial score (nSPS) is 31.5. The van der Waals surface area contributed by atoms with Crippen molar-refractivity contribution in [3.63, 3.8) is 0 Å². The summed E-state index contributed by atoms with van der Waals surface area (Å²) in [7, 11) is 0. The molecule has 1 saturated carbocycles. The van der Waals surface area contributed by atoms with E-state index in [0.29, 0.717) is 0 Å². The molecule has 1 aliphatic heterocycles. The molecule has 2 aliphatic rings. The lowest BCUT2D eigenvalue weighted by molar-refractivity contribution is 0.320. The molecule has 0 aromatic heterocycles. The summed E-state index contributed by atoms with van der Waals surface area (Å²) in [6.45, 7) is 11.1. The van der Waals surface area contributed by atoms with Gasteiger partial charge in [0.1, 0.15) is 0 Å². The van der Waals surface area contributed by atoms with Gasteiger partial charge in [-0.05, 0) is 43.9 Å². The highest BCUT2D eigenvalue weighted by molar-refractivity contribution is 5.00. The Hall–Kier alpha value is -0.460. The monoisotopic (exact) mass is 179 g/mol. The molecule has 13 heavy (non-hydrogen) atoms. The number of likely N-dealkylation sites (tertiary alicyclic amines) is 1. The zero-order valence-electron chi connectivity index (χ0n) is 8.97. The molecule has 1 saturated heterocycles. The molecule has 0 aromatic rings. The average molecular weight is 179 g/mol. The van der Waals surface area contributed by atoms with Crippen LogP contribution in [0.2, 0.25) is 0 Å². The number of nitrogens with zero attached hydrogens (tertiary/aromatic N) is 1. The van der Waals surface area contributed by atoms with Gasteiger partial charge in [0.2, 0.25) is 0 Å². The second-order valence-corrected chi connectivity index (χ2v) is 5.24. The van der Waals surface area contributed by atoms with Crippen molar-refractivity contribution in [2.75, 3.05) is 13.1 Å². The summed E-state index contributed by atoms with van der Waals surface area (Å²) >= 11 is 0. The van der Waals surface area contributed by atoms with Crippen molar-refractivity contribution in [3.05, 3.63) is 12.3 Å². The predicted octanol–water partition coefficient (Wildman–Crippen LogP) is 3.03. The van der Waals surface area contributed by atoms with Crippen molar-refractivity contribution < 1.29 is 0 Å². The summed E-state index contributed by atoms with van der Waals surface area (Å²) in [4.78, 5) is 2.47. The van der Waals surface area contributed by atoms with E-state index >= 15 is 0 Å². The van der Waals surface area contributed by atoms with Crippen molar-refractivity contribution in [1.82, 2.24) is 4.90 Å². The number of allylic oxidation sites excluding steroid dienone is 1. The van der Waals surface area contributed by atoms with Gasteiger partial charge < -0.3 is 4.90 Å². The average Bonchev–Trinajstić information content (AvgIpc) is 2.80. The first-order valence-electron chi connectivity index (χ1n) is 5.52. The largest absolute Gasteiger partial charge is 0.375 e. The number of rotatable bonds is 1. The van der Waals surface area contributed by atoms with Crippen LogP contribution in [0.15, 0.2) is 12.3 Å². The molecule has 1 heterocycles. The van der Waals surface area contributed by atoms with E-state index in [4.69, 9.17) is 0 Å². The van der Waals surface area contributed by atoms with Crippen molar-refractivity contribution in [2.45, 2.75) is 39.5 Å². The first kappa shape index (κ1) is 9.11. The number of hydrogen-bond acceptors (Lipinski definition) is 1. The summed E-state index contributed by atoms with van der Waals surface area (Å²) < 4.78 is 0. The Morgan fingerprint density at radius 2 is 2.08 bits per heavy atom. The predicted molar refractivity (Wildman–Crippen MR) is 56.5 cm³/mol. The summed E-state index contributed by atoms with van der Waals surface area (Å²) in [5.41, 5.74) is 2.02. The van der Waals surface area contributed by atoms with Gasteiger partial charge in [0, 0.05) is 18.8 Å². The van der Waals surface area contributed by atoms with Gasteiger partial charge in [0.05, 0.1) is 0 Å². The van der Waals surface area contributed by atoms with Gasteiger partial charge >= 0.3 is 0 Å². The highest BCUT2D eigenvalue weighted by atomic mass is 15.1. The summed E-state index contributed by atoms with van der Waals surface area (Å²) in [5, 5.41) is 0. The molecule has 0 radical (unpaired) electrons. The van der Waals surface area contributed by atoms with Crippen LogP contribution >= 0.6 is 0 Å². The Balaban J connectivity index is 2.01. The van der Waals surface area contributed by atoms with Crippen molar-refractivity contribution in [3.8, 4) is 0 Å². The molecule has 74 valence electrons. The molecule has 1 aliphatic carbocycles. The van der Waals surface area contributed by atoms with E-state index in [0.717, 1.165) is 11.3 Å². The molecule has 1 spiro atoms. The standard InChI is InChI=1S/C12H21N/c1-10(2)13-7-6-12(4-5-12)8-11(3)9-13/h11H,1,4-9H2,2-3H3. The van der Waals surface area contributed by atoms with Gasteiger partial charge in [0.25, 0.3) is 0 Å². The fourth-order valence-corrected chi connectivity index (χ4v) is 2.72. The fraction of sp³-hybridized carbons (Fsp3) is 0.833. The van der Waals surface area contributed by atoms with Crippen molar-refractivity contribution >= 4 is 0 Å². The lowest BCUT2D eigenvalue weighted by Crippen LogP contribution is -2.25. The first-order valence-corrected chi connectivity index (χ1v) is 5.52. The Morgan fingerprint density at radius 1 is 1.38 bits per heavy atom. The van der Waals surface area contributed by atoms with Gasteiger partial charge in [-0.3, -0.25) is 0 Å². The molecule has 1 unspecified atom stereocenters. The maximum absolute atomic E-state index is 4.05. The zero-order chi connectivity index (χ0) is 9.47. The maximum Gasteiger partial charge on any atom is 0.0200 e. The van der Waals surface area contributed by atoms with Crippen molar-refractivity contribution in [2.24, 2.45) is 11.3 Å². The third-order valence-corrected chi connectivity index (χ3v) is 3.72. The second-order valence-electron chi connectivity index (χ2n) is 5.24. The van der Waals surface area contributed by atoms with Gasteiger partial charge in [-0.1, -0.05) is 13.5 Å². The smallest absolute Gasteiger partial charge is 0.0200 e. The lowest BCUT2D eigenvalue weighted by Gasteiger charge is -2.24. The SMILES string of the molecule is C=C(C)N1CCC2(CC2)CC(C)C1. The summed E-state index contributed by atoms with van der Waals surface area (Å²) in [6.07, 6.45) is 5.84. The maximum atomic E-state index is 4.05.